The Morgan fingerprint density at radius 1 is 2.00 bits per heavy atom. The highest BCUT2D eigenvalue weighted by Crippen LogP contribution is 1.84. The fraction of sp³-hybridized carbons (Fsp3) is 0. The lowest BCUT2D eigenvalue weighted by atomic mass is 15.8. The first-order valence-electron chi connectivity index (χ1n) is 0.654. The minimum absolute atomic E-state index is 1.26. The molecular weight excluding hydrogens is 207 g/mol. The zero-order valence-electron chi connectivity index (χ0n) is 2.01. The fourth-order valence-electron chi connectivity index (χ4n) is 0. The molecule has 0 N–H and O–H groups in total. The van der Waals surface area contributed by atoms with Gasteiger partial charge in [0, 0.05) is 0 Å². The first kappa shape index (κ1) is 5.80. The van der Waals surface area contributed by atoms with E-state index in [-0.39, 0.29) is 0 Å². The molecule has 0 heterocycles. The highest BCUT2D eigenvalue weighted by molar-refractivity contribution is 14.1. The third kappa shape index (κ3) is 4.80. The van der Waals surface area contributed by atoms with Gasteiger partial charge >= 0.3 is 0 Å². The van der Waals surface area contributed by atoms with Gasteiger partial charge in [-0.1, -0.05) is 0 Å². The van der Waals surface area contributed by atoms with Gasteiger partial charge in [0.25, 0.3) is 0 Å². The number of rotatable bonds is 1. The third-order valence-electron chi connectivity index (χ3n) is 0.0514. The van der Waals surface area contributed by atoms with Gasteiger partial charge in [0.1, 0.15) is 23.0 Å². The highest BCUT2D eigenvalue weighted by Gasteiger charge is 1.63. The van der Waals surface area contributed by atoms with Gasteiger partial charge in [-0.05, 0) is 0 Å². The van der Waals surface area contributed by atoms with E-state index in [0.717, 1.165) is 0 Å². The molecule has 0 aliphatic rings. The molecule has 0 aliphatic carbocycles. The smallest absolute Gasteiger partial charge is 0.129 e. The molecule has 1 atom stereocenters. The van der Waals surface area contributed by atoms with Gasteiger partial charge in [-0.3, -0.25) is 0 Å². The Bertz CT molecular complexity index is 42.2. The van der Waals surface area contributed by atoms with E-state index >= 15 is 0 Å². The Balaban J connectivity index is 2.85. The lowest BCUT2D eigenvalue weighted by Crippen LogP contribution is -1.78. The Morgan fingerprint density at radius 2 is 2.20 bits per heavy atom. The second kappa shape index (κ2) is 3.01. The van der Waals surface area contributed by atoms with E-state index in [1.54, 1.807) is 0 Å². The molecule has 0 rings (SSSR count). The molecule has 0 aromatic heterocycles. The van der Waals surface area contributed by atoms with Crippen molar-refractivity contribution in [2.45, 2.75) is 0 Å². The Hall–Kier alpha value is 0.800. The van der Waals surface area contributed by atoms with Crippen molar-refractivity contribution in [3.63, 3.8) is 0 Å². The zero-order valence-corrected chi connectivity index (χ0v) is 4.98. The molecule has 0 aromatic carbocycles. The Morgan fingerprint density at radius 3 is 2.20 bits per heavy atom. The molecule has 0 saturated carbocycles. The second-order valence-electron chi connectivity index (χ2n) is 0.267. The van der Waals surface area contributed by atoms with Crippen LogP contribution in [0.1, 0.15) is 0 Å². The summed E-state index contributed by atoms with van der Waals surface area (Å²) < 4.78 is 21.9. The molecule has 5 heteroatoms. The van der Waals surface area contributed by atoms with Crippen LogP contribution in [0.2, 0.25) is 0 Å². The maximum atomic E-state index is 9.14. The van der Waals surface area contributed by atoms with E-state index in [1.807, 2.05) is 0 Å². The molecule has 0 aromatic rings. The van der Waals surface area contributed by atoms with Crippen molar-refractivity contribution in [2.75, 3.05) is 0 Å². The van der Waals surface area contributed by atoms with E-state index in [0.29, 0.717) is 0 Å². The van der Waals surface area contributed by atoms with Gasteiger partial charge < -0.3 is 4.55 Å². The van der Waals surface area contributed by atoms with Gasteiger partial charge in [0.2, 0.25) is 0 Å². The van der Waals surface area contributed by atoms with E-state index in [1.165, 1.54) is 23.0 Å². The summed E-state index contributed by atoms with van der Waals surface area (Å²) in [7, 11) is 0. The lowest BCUT2D eigenvalue weighted by molar-refractivity contribution is 0.480. The van der Waals surface area contributed by atoms with Crippen LogP contribution in [0.4, 0.5) is 0 Å². The monoisotopic (exact) mass is 207 g/mol. The minimum Gasteiger partial charge on any atom is -0.749 e. The molecule has 1 unspecified atom stereocenters. The summed E-state index contributed by atoms with van der Waals surface area (Å²) in [5.41, 5.74) is 0. The Kier molecular flexibility index (Phi) is 3.49. The van der Waals surface area contributed by atoms with Gasteiger partial charge in [0.05, 0.1) is 11.4 Å². The summed E-state index contributed by atoms with van der Waals surface area (Å²) in [5.74, 6) is 0. The summed E-state index contributed by atoms with van der Waals surface area (Å²) in [6.45, 7) is 0. The van der Waals surface area contributed by atoms with Crippen molar-refractivity contribution < 1.29 is 11.3 Å². The van der Waals surface area contributed by atoms with E-state index in [2.05, 4.69) is 2.51 Å². The second-order valence-corrected chi connectivity index (χ2v) is 1.88. The predicted molar refractivity (Wildman–Crippen MR) is 24.0 cm³/mol. The molecule has 0 amide bonds. The van der Waals surface area contributed by atoms with Crippen LogP contribution in [0.5, 0.6) is 0 Å². The summed E-state index contributed by atoms with van der Waals surface area (Å²) in [6, 6.07) is 0. The molecular formula is IO3S-. The normalized spacial score (nSPS) is 14.8. The number of hydrogen-bond donors (Lipinski definition) is 0. The van der Waals surface area contributed by atoms with Gasteiger partial charge in [-0.25, -0.2) is 6.72 Å². The van der Waals surface area contributed by atoms with Gasteiger partial charge in [0.15, 0.2) is 0 Å². The molecule has 0 saturated heterocycles. The summed E-state index contributed by atoms with van der Waals surface area (Å²) in [6.07, 6.45) is 0. The molecule has 0 spiro atoms. The summed E-state index contributed by atoms with van der Waals surface area (Å²) >= 11 is -1.07. The topological polar surface area (TPSA) is 49.4 Å². The molecule has 5 heavy (non-hydrogen) atoms. The zero-order chi connectivity index (χ0) is 4.28. The standard InChI is InChI=1S/HIO3S/c1-4-5(2)3/h(H,2,3)/p-1. The van der Waals surface area contributed by atoms with Crippen LogP contribution in [-0.4, -0.2) is 8.76 Å². The first-order chi connectivity index (χ1) is 2.27. The molecule has 3 nitrogen and oxygen atoms in total. The maximum absolute atomic E-state index is 9.14. The average Bonchev–Trinajstić information content (AvgIpc) is 1.38. The number of halogens is 1. The van der Waals surface area contributed by atoms with E-state index < -0.39 is 11.4 Å². The van der Waals surface area contributed by atoms with Crippen LogP contribution in [0.3, 0.4) is 0 Å². The first-order valence-corrected chi connectivity index (χ1v) is 2.54. The number of hydrogen-bond acceptors (Lipinski definition) is 3. The summed E-state index contributed by atoms with van der Waals surface area (Å²) in [4.78, 5) is 0. The van der Waals surface area contributed by atoms with Crippen molar-refractivity contribution in [3.05, 3.63) is 0 Å². The van der Waals surface area contributed by atoms with Crippen LogP contribution < -0.4 is 0 Å². The van der Waals surface area contributed by atoms with Crippen LogP contribution in [0, 0.1) is 0 Å². The minimum atomic E-state index is -2.34. The van der Waals surface area contributed by atoms with Crippen LogP contribution in [-0.2, 0) is 13.9 Å². The molecule has 0 bridgehead atoms. The highest BCUT2D eigenvalue weighted by atomic mass is 127. The van der Waals surface area contributed by atoms with Crippen molar-refractivity contribution in [1.29, 1.82) is 0 Å². The van der Waals surface area contributed by atoms with Crippen LogP contribution in [0.15, 0.2) is 0 Å². The molecule has 0 radical (unpaired) electrons. The van der Waals surface area contributed by atoms with Gasteiger partial charge in [-0.15, -0.1) is 0 Å². The fourth-order valence-corrected chi connectivity index (χ4v) is 0. The average molecular weight is 207 g/mol. The van der Waals surface area contributed by atoms with E-state index in [9.17, 15) is 0 Å². The van der Waals surface area contributed by atoms with Crippen LogP contribution >= 0.6 is 23.0 Å². The van der Waals surface area contributed by atoms with Crippen molar-refractivity contribution in [2.24, 2.45) is 0 Å². The van der Waals surface area contributed by atoms with E-state index in [4.69, 9.17) is 8.76 Å². The lowest BCUT2D eigenvalue weighted by Gasteiger charge is -1.91. The third-order valence-corrected chi connectivity index (χ3v) is 1.04. The van der Waals surface area contributed by atoms with Crippen molar-refractivity contribution in [1.82, 2.24) is 0 Å². The largest absolute Gasteiger partial charge is 0.749 e. The molecule has 0 fully saturated rings. The van der Waals surface area contributed by atoms with Crippen LogP contribution in [0.25, 0.3) is 0 Å². The van der Waals surface area contributed by atoms with Crippen molar-refractivity contribution in [3.8, 4) is 0 Å². The quantitative estimate of drug-likeness (QED) is 0.454. The molecule has 0 aliphatic heterocycles. The van der Waals surface area contributed by atoms with Gasteiger partial charge in [-0.2, -0.15) is 0 Å². The maximum Gasteiger partial charge on any atom is 0.129 e. The Labute approximate surface area is 45.9 Å². The predicted octanol–water partition coefficient (Wildman–Crippen LogP) is 0.147. The summed E-state index contributed by atoms with van der Waals surface area (Å²) in [5, 5.41) is 0. The van der Waals surface area contributed by atoms with Crippen molar-refractivity contribution >= 4 is 34.4 Å². The SMILES string of the molecule is O=S([O-])OI. The molecule has 32 valence electrons.